The molecule has 3 aromatic rings. The van der Waals surface area contributed by atoms with E-state index in [1.807, 2.05) is 67.5 Å². The first-order valence-electron chi connectivity index (χ1n) is 8.41. The van der Waals surface area contributed by atoms with Crippen molar-refractivity contribution in [3.63, 3.8) is 0 Å². The Labute approximate surface area is 161 Å². The fourth-order valence-corrected chi connectivity index (χ4v) is 3.68. The molecule has 0 saturated heterocycles. The van der Waals surface area contributed by atoms with Crippen molar-refractivity contribution >= 4 is 44.9 Å². The van der Waals surface area contributed by atoms with Gasteiger partial charge in [0.2, 0.25) is 0 Å². The zero-order chi connectivity index (χ0) is 19.4. The quantitative estimate of drug-likeness (QED) is 0.294. The highest BCUT2D eigenvalue weighted by Gasteiger charge is 2.09. The molecule has 3 rings (SSSR count). The smallest absolute Gasteiger partial charge is 0.267 e. The summed E-state index contributed by atoms with van der Waals surface area (Å²) in [4.78, 5) is 26.5. The minimum Gasteiger partial charge on any atom is -0.378 e. The summed E-state index contributed by atoms with van der Waals surface area (Å²) in [5, 5.41) is 9.55. The Bertz CT molecular complexity index is 1000. The monoisotopic (exact) mass is 380 g/mol. The molecule has 1 aromatic heterocycles. The Hall–Kier alpha value is -2.96. The molecule has 0 unspecified atom stereocenters. The van der Waals surface area contributed by atoms with Crippen LogP contribution in [0.3, 0.4) is 0 Å². The van der Waals surface area contributed by atoms with Gasteiger partial charge in [-0.05, 0) is 59.5 Å². The van der Waals surface area contributed by atoms with Crippen molar-refractivity contribution in [3.8, 4) is 0 Å². The highest BCUT2D eigenvalue weighted by molar-refractivity contribution is 7.19. The molecule has 0 bridgehead atoms. The van der Waals surface area contributed by atoms with Crippen molar-refractivity contribution in [2.75, 3.05) is 19.0 Å². The number of anilines is 1. The zero-order valence-electron chi connectivity index (χ0n) is 15.1. The van der Waals surface area contributed by atoms with Crippen molar-refractivity contribution in [1.82, 2.24) is 5.48 Å². The lowest BCUT2D eigenvalue weighted by Crippen LogP contribution is -2.14. The number of ketones is 1. The average molecular weight is 380 g/mol. The van der Waals surface area contributed by atoms with Gasteiger partial charge in [-0.25, -0.2) is 5.48 Å². The third kappa shape index (κ3) is 4.61. The standard InChI is InChI=1S/C21H20N2O3S/c1-23(2)17-6-4-15(5-7-17)19(24)12-14-3-9-20-16(11-14)13-18(27-20)8-10-21(25)22-26/h3-11,13,26H,12H2,1-2H3,(H,22,25)/b10-8+. The van der Waals surface area contributed by atoms with Gasteiger partial charge in [-0.2, -0.15) is 0 Å². The first-order chi connectivity index (χ1) is 13.0. The SMILES string of the molecule is CN(C)c1ccc(C(=O)Cc2ccc3sc(/C=C/C(=O)NO)cc3c2)cc1. The van der Waals surface area contributed by atoms with Crippen LogP contribution in [-0.4, -0.2) is 31.0 Å². The lowest BCUT2D eigenvalue weighted by atomic mass is 10.0. The van der Waals surface area contributed by atoms with E-state index in [1.165, 1.54) is 17.4 Å². The van der Waals surface area contributed by atoms with Crippen LogP contribution in [0.4, 0.5) is 5.69 Å². The fourth-order valence-electron chi connectivity index (χ4n) is 2.73. The van der Waals surface area contributed by atoms with E-state index in [1.54, 1.807) is 11.6 Å². The van der Waals surface area contributed by atoms with Gasteiger partial charge in [0.15, 0.2) is 5.78 Å². The van der Waals surface area contributed by atoms with Crippen LogP contribution in [0, 0.1) is 0 Å². The Morgan fingerprint density at radius 2 is 1.85 bits per heavy atom. The number of hydroxylamine groups is 1. The molecule has 6 heteroatoms. The lowest BCUT2D eigenvalue weighted by Gasteiger charge is -2.12. The van der Waals surface area contributed by atoms with Crippen LogP contribution in [0.1, 0.15) is 20.8 Å². The van der Waals surface area contributed by atoms with Crippen LogP contribution >= 0.6 is 11.3 Å². The van der Waals surface area contributed by atoms with Gasteiger partial charge in [-0.15, -0.1) is 11.3 Å². The van der Waals surface area contributed by atoms with Gasteiger partial charge in [0, 0.05) is 47.4 Å². The number of carbonyl (C=O) groups is 2. The largest absolute Gasteiger partial charge is 0.378 e. The Morgan fingerprint density at radius 1 is 1.11 bits per heavy atom. The van der Waals surface area contributed by atoms with Gasteiger partial charge in [-0.3, -0.25) is 14.8 Å². The number of benzene rings is 2. The Kier molecular flexibility index (Phi) is 5.69. The highest BCUT2D eigenvalue weighted by atomic mass is 32.1. The number of nitrogens with one attached hydrogen (secondary N) is 1. The fraction of sp³-hybridized carbons (Fsp3) is 0.143. The van der Waals surface area contributed by atoms with E-state index in [2.05, 4.69) is 0 Å². The molecule has 1 heterocycles. The van der Waals surface area contributed by atoms with E-state index < -0.39 is 5.91 Å². The first-order valence-corrected chi connectivity index (χ1v) is 9.23. The van der Waals surface area contributed by atoms with Gasteiger partial charge in [0.1, 0.15) is 0 Å². The molecular formula is C21H20N2O3S. The van der Waals surface area contributed by atoms with Crippen LogP contribution in [0.25, 0.3) is 16.2 Å². The number of hydrogen-bond acceptors (Lipinski definition) is 5. The molecule has 2 N–H and O–H groups in total. The summed E-state index contributed by atoms with van der Waals surface area (Å²) in [7, 11) is 3.93. The Morgan fingerprint density at radius 3 is 2.52 bits per heavy atom. The summed E-state index contributed by atoms with van der Waals surface area (Å²) in [6, 6.07) is 15.5. The van der Waals surface area contributed by atoms with E-state index in [0.29, 0.717) is 12.0 Å². The van der Waals surface area contributed by atoms with Gasteiger partial charge < -0.3 is 4.90 Å². The first kappa shape index (κ1) is 18.8. The molecule has 0 atom stereocenters. The summed E-state index contributed by atoms with van der Waals surface area (Å²) in [5.41, 5.74) is 4.27. The second-order valence-electron chi connectivity index (χ2n) is 6.37. The van der Waals surface area contributed by atoms with E-state index in [-0.39, 0.29) is 5.78 Å². The van der Waals surface area contributed by atoms with Gasteiger partial charge in [-0.1, -0.05) is 6.07 Å². The number of Topliss-reactive ketones (excluding diaryl/α,β-unsaturated/α-hetero) is 1. The summed E-state index contributed by atoms with van der Waals surface area (Å²) in [6.07, 6.45) is 3.26. The molecule has 138 valence electrons. The van der Waals surface area contributed by atoms with Crippen LogP contribution in [0.2, 0.25) is 0 Å². The molecule has 2 aromatic carbocycles. The van der Waals surface area contributed by atoms with Crippen molar-refractivity contribution in [1.29, 1.82) is 0 Å². The Balaban J connectivity index is 1.75. The van der Waals surface area contributed by atoms with Crippen LogP contribution in [0.5, 0.6) is 0 Å². The molecule has 0 saturated carbocycles. The minimum atomic E-state index is -0.570. The number of carbonyl (C=O) groups excluding carboxylic acids is 2. The van der Waals surface area contributed by atoms with Crippen molar-refractivity contribution in [2.45, 2.75) is 6.42 Å². The molecule has 27 heavy (non-hydrogen) atoms. The maximum atomic E-state index is 12.6. The molecular weight excluding hydrogens is 360 g/mol. The summed E-state index contributed by atoms with van der Waals surface area (Å²) >= 11 is 1.54. The number of fused-ring (bicyclic) bond motifs is 1. The number of amides is 1. The normalized spacial score (nSPS) is 11.1. The predicted molar refractivity (Wildman–Crippen MR) is 110 cm³/mol. The van der Waals surface area contributed by atoms with Crippen LogP contribution < -0.4 is 10.4 Å². The predicted octanol–water partition coefficient (Wildman–Crippen LogP) is 3.91. The van der Waals surface area contributed by atoms with Crippen molar-refractivity contribution in [2.24, 2.45) is 0 Å². The van der Waals surface area contributed by atoms with Crippen LogP contribution in [-0.2, 0) is 11.2 Å². The molecule has 0 aliphatic carbocycles. The van der Waals surface area contributed by atoms with E-state index >= 15 is 0 Å². The van der Waals surface area contributed by atoms with E-state index in [0.717, 1.165) is 26.2 Å². The number of rotatable bonds is 6. The number of hydrogen-bond donors (Lipinski definition) is 2. The molecule has 0 fully saturated rings. The summed E-state index contributed by atoms with van der Waals surface area (Å²) in [6.45, 7) is 0. The summed E-state index contributed by atoms with van der Waals surface area (Å²) in [5.74, 6) is -0.492. The average Bonchev–Trinajstić information content (AvgIpc) is 3.08. The molecule has 5 nitrogen and oxygen atoms in total. The molecule has 0 aliphatic heterocycles. The molecule has 1 amide bonds. The van der Waals surface area contributed by atoms with E-state index in [9.17, 15) is 9.59 Å². The minimum absolute atomic E-state index is 0.0784. The third-order valence-corrected chi connectivity index (χ3v) is 5.26. The van der Waals surface area contributed by atoms with Gasteiger partial charge in [0.05, 0.1) is 0 Å². The number of nitrogens with zero attached hydrogens (tertiary/aromatic N) is 1. The summed E-state index contributed by atoms with van der Waals surface area (Å²) < 4.78 is 1.07. The maximum absolute atomic E-state index is 12.6. The van der Waals surface area contributed by atoms with Gasteiger partial charge in [0.25, 0.3) is 5.91 Å². The number of thiophene rings is 1. The third-order valence-electron chi connectivity index (χ3n) is 4.18. The molecule has 0 radical (unpaired) electrons. The topological polar surface area (TPSA) is 69.6 Å². The second-order valence-corrected chi connectivity index (χ2v) is 7.49. The van der Waals surface area contributed by atoms with Crippen LogP contribution in [0.15, 0.2) is 54.6 Å². The van der Waals surface area contributed by atoms with Crippen molar-refractivity contribution < 1.29 is 14.8 Å². The lowest BCUT2D eigenvalue weighted by molar-refractivity contribution is -0.124. The van der Waals surface area contributed by atoms with Gasteiger partial charge >= 0.3 is 0 Å². The molecule has 0 spiro atoms. The molecule has 0 aliphatic rings. The second kappa shape index (κ2) is 8.16. The highest BCUT2D eigenvalue weighted by Crippen LogP contribution is 2.28. The van der Waals surface area contributed by atoms with E-state index in [4.69, 9.17) is 5.21 Å². The maximum Gasteiger partial charge on any atom is 0.267 e. The zero-order valence-corrected chi connectivity index (χ0v) is 15.9. The van der Waals surface area contributed by atoms with Crippen molar-refractivity contribution in [3.05, 3.63) is 70.6 Å².